The van der Waals surface area contributed by atoms with Gasteiger partial charge in [-0.25, -0.2) is 4.79 Å². The Hall–Kier alpha value is -2.18. The van der Waals surface area contributed by atoms with E-state index in [1.807, 2.05) is 4.90 Å². The van der Waals surface area contributed by atoms with E-state index in [2.05, 4.69) is 10.1 Å². The van der Waals surface area contributed by atoms with Crippen LogP contribution in [-0.4, -0.2) is 38.7 Å². The highest BCUT2D eigenvalue weighted by Gasteiger charge is 2.36. The Balaban J connectivity index is 1.50. The van der Waals surface area contributed by atoms with E-state index in [1.165, 1.54) is 6.20 Å². The predicted octanol–water partition coefficient (Wildman–Crippen LogP) is 0.722. The van der Waals surface area contributed by atoms with Crippen LogP contribution < -0.4 is 5.63 Å². The van der Waals surface area contributed by atoms with Gasteiger partial charge in [0.1, 0.15) is 5.39 Å². The molecule has 2 aliphatic rings. The van der Waals surface area contributed by atoms with Crippen molar-refractivity contribution in [2.45, 2.75) is 25.7 Å². The Labute approximate surface area is 126 Å². The fourth-order valence-electron chi connectivity index (χ4n) is 3.13. The number of fused-ring (bicyclic) bond motifs is 1. The summed E-state index contributed by atoms with van der Waals surface area (Å²) in [6.07, 6.45) is 5.07. The molecule has 2 fully saturated rings. The minimum atomic E-state index is -0.392. The van der Waals surface area contributed by atoms with Gasteiger partial charge in [-0.2, -0.15) is 10.1 Å². The average Bonchev–Trinajstić information content (AvgIpc) is 3.14. The molecular weight excluding hydrogens is 284 g/mol. The Morgan fingerprint density at radius 1 is 1.41 bits per heavy atom. The molecule has 2 aromatic heterocycles. The molecule has 0 aromatic carbocycles. The summed E-state index contributed by atoms with van der Waals surface area (Å²) >= 11 is 0. The molecule has 7 nitrogen and oxygen atoms in total. The summed E-state index contributed by atoms with van der Waals surface area (Å²) in [4.78, 5) is 30.4. The quantitative estimate of drug-likeness (QED) is 0.834. The zero-order chi connectivity index (χ0) is 15.3. The second-order valence-corrected chi connectivity index (χ2v) is 6.32. The van der Waals surface area contributed by atoms with Crippen LogP contribution >= 0.6 is 0 Å². The van der Waals surface area contributed by atoms with Crippen LogP contribution in [0.1, 0.15) is 25.2 Å². The van der Waals surface area contributed by atoms with Gasteiger partial charge in [0.15, 0.2) is 5.65 Å². The molecule has 1 atom stereocenters. The Morgan fingerprint density at radius 2 is 2.23 bits per heavy atom. The van der Waals surface area contributed by atoms with Crippen LogP contribution in [0.25, 0.3) is 11.0 Å². The smallest absolute Gasteiger partial charge is 0.350 e. The highest BCUT2D eigenvalue weighted by molar-refractivity contribution is 5.81. The summed E-state index contributed by atoms with van der Waals surface area (Å²) in [5, 5.41) is 4.44. The van der Waals surface area contributed by atoms with E-state index < -0.39 is 5.63 Å². The second-order valence-electron chi connectivity index (χ2n) is 6.32. The first-order valence-electron chi connectivity index (χ1n) is 7.72. The van der Waals surface area contributed by atoms with E-state index in [4.69, 9.17) is 4.42 Å². The number of carbonyl (C=O) groups is 1. The van der Waals surface area contributed by atoms with Crippen molar-refractivity contribution in [2.24, 2.45) is 18.9 Å². The fourth-order valence-corrected chi connectivity index (χ4v) is 3.13. The minimum absolute atomic E-state index is 0.264. The molecule has 4 rings (SSSR count). The van der Waals surface area contributed by atoms with Crippen LogP contribution in [0.2, 0.25) is 0 Å². The van der Waals surface area contributed by atoms with E-state index in [0.29, 0.717) is 35.2 Å². The number of carbonyl (C=O) groups excluding carboxylic acids is 1. The third kappa shape index (κ3) is 2.30. The molecule has 1 saturated heterocycles. The van der Waals surface area contributed by atoms with Gasteiger partial charge in [-0.15, -0.1) is 0 Å². The third-order valence-corrected chi connectivity index (χ3v) is 4.56. The van der Waals surface area contributed by atoms with E-state index >= 15 is 0 Å². The van der Waals surface area contributed by atoms with Crippen molar-refractivity contribution in [1.29, 1.82) is 0 Å². The molecule has 0 N–H and O–H groups in total. The van der Waals surface area contributed by atoms with Gasteiger partial charge in [0.05, 0.1) is 6.20 Å². The minimum Gasteiger partial charge on any atom is -0.408 e. The SMILES string of the molecule is Cn1ncc2c(=O)oc(CC3CCN(C(=O)C4CC4)C3)nc21. The Morgan fingerprint density at radius 3 is 3.00 bits per heavy atom. The van der Waals surface area contributed by atoms with Crippen molar-refractivity contribution < 1.29 is 9.21 Å². The first kappa shape index (κ1) is 13.5. The predicted molar refractivity (Wildman–Crippen MR) is 78.2 cm³/mol. The van der Waals surface area contributed by atoms with Crippen LogP contribution in [-0.2, 0) is 18.3 Å². The van der Waals surface area contributed by atoms with Crippen molar-refractivity contribution in [3.8, 4) is 0 Å². The van der Waals surface area contributed by atoms with Gasteiger partial charge in [-0.05, 0) is 25.2 Å². The van der Waals surface area contributed by atoms with Gasteiger partial charge in [-0.3, -0.25) is 9.48 Å². The molecule has 0 bridgehead atoms. The van der Waals surface area contributed by atoms with Crippen LogP contribution in [0.4, 0.5) is 0 Å². The lowest BCUT2D eigenvalue weighted by Crippen LogP contribution is -2.30. The fraction of sp³-hybridized carbons (Fsp3) is 0.600. The lowest BCUT2D eigenvalue weighted by atomic mass is 10.1. The number of hydrogen-bond donors (Lipinski definition) is 0. The normalized spacial score (nSPS) is 21.7. The molecule has 3 heterocycles. The molecule has 7 heteroatoms. The van der Waals surface area contributed by atoms with Gasteiger partial charge in [0.2, 0.25) is 11.8 Å². The van der Waals surface area contributed by atoms with Crippen molar-refractivity contribution in [1.82, 2.24) is 19.7 Å². The van der Waals surface area contributed by atoms with Gasteiger partial charge < -0.3 is 9.32 Å². The zero-order valence-electron chi connectivity index (χ0n) is 12.5. The molecule has 1 aliphatic heterocycles. The van der Waals surface area contributed by atoms with Crippen molar-refractivity contribution in [2.75, 3.05) is 13.1 Å². The number of nitrogens with zero attached hydrogens (tertiary/aromatic N) is 4. The first-order valence-corrected chi connectivity index (χ1v) is 7.72. The topological polar surface area (TPSA) is 81.2 Å². The maximum atomic E-state index is 12.1. The number of amides is 1. The lowest BCUT2D eigenvalue weighted by Gasteiger charge is -2.15. The van der Waals surface area contributed by atoms with E-state index in [0.717, 1.165) is 32.4 Å². The summed E-state index contributed by atoms with van der Waals surface area (Å²) in [5.41, 5.74) is 0.159. The summed E-state index contributed by atoms with van der Waals surface area (Å²) in [7, 11) is 1.75. The third-order valence-electron chi connectivity index (χ3n) is 4.56. The lowest BCUT2D eigenvalue weighted by molar-refractivity contribution is -0.131. The number of likely N-dealkylation sites (tertiary alicyclic amines) is 1. The zero-order valence-corrected chi connectivity index (χ0v) is 12.5. The Bertz CT molecular complexity index is 790. The molecule has 0 radical (unpaired) electrons. The average molecular weight is 302 g/mol. The van der Waals surface area contributed by atoms with Crippen molar-refractivity contribution >= 4 is 16.9 Å². The molecule has 1 unspecified atom stereocenters. The number of aryl methyl sites for hydroxylation is 1. The summed E-state index contributed by atoms with van der Waals surface area (Å²) in [6, 6.07) is 0. The van der Waals surface area contributed by atoms with E-state index in [9.17, 15) is 9.59 Å². The van der Waals surface area contributed by atoms with Gasteiger partial charge in [0.25, 0.3) is 0 Å². The molecular formula is C15H18N4O3. The highest BCUT2D eigenvalue weighted by atomic mass is 16.4. The molecule has 1 aliphatic carbocycles. The summed E-state index contributed by atoms with van der Waals surface area (Å²) < 4.78 is 6.87. The van der Waals surface area contributed by atoms with Crippen molar-refractivity contribution in [3.63, 3.8) is 0 Å². The van der Waals surface area contributed by atoms with Crippen LogP contribution in [0.3, 0.4) is 0 Å². The van der Waals surface area contributed by atoms with E-state index in [1.54, 1.807) is 11.7 Å². The van der Waals surface area contributed by atoms with Crippen LogP contribution in [0, 0.1) is 11.8 Å². The summed E-state index contributed by atoms with van der Waals surface area (Å²) in [6.45, 7) is 1.54. The maximum absolute atomic E-state index is 12.1. The maximum Gasteiger partial charge on any atom is 0.350 e. The first-order chi connectivity index (χ1) is 10.6. The number of rotatable bonds is 3. The van der Waals surface area contributed by atoms with E-state index in [-0.39, 0.29) is 5.92 Å². The second kappa shape index (κ2) is 4.93. The standard InChI is InChI=1S/C15H18N4O3/c1-18-13-11(7-16-18)15(21)22-12(17-13)6-9-4-5-19(8-9)14(20)10-2-3-10/h7,9-10H,2-6,8H2,1H3. The van der Waals surface area contributed by atoms with Gasteiger partial charge in [-0.1, -0.05) is 0 Å². The largest absolute Gasteiger partial charge is 0.408 e. The number of aromatic nitrogens is 3. The molecule has 0 spiro atoms. The van der Waals surface area contributed by atoms with Crippen molar-refractivity contribution in [3.05, 3.63) is 22.5 Å². The molecule has 2 aromatic rings. The summed E-state index contributed by atoms with van der Waals surface area (Å²) in [5.74, 6) is 1.30. The monoisotopic (exact) mass is 302 g/mol. The molecule has 1 saturated carbocycles. The van der Waals surface area contributed by atoms with Crippen LogP contribution in [0.15, 0.2) is 15.4 Å². The van der Waals surface area contributed by atoms with Gasteiger partial charge in [0, 0.05) is 32.5 Å². The van der Waals surface area contributed by atoms with Crippen LogP contribution in [0.5, 0.6) is 0 Å². The van der Waals surface area contributed by atoms with Gasteiger partial charge >= 0.3 is 5.63 Å². The molecule has 116 valence electrons. The molecule has 1 amide bonds. The molecule has 22 heavy (non-hydrogen) atoms. The number of hydrogen-bond acceptors (Lipinski definition) is 5. The Kier molecular flexibility index (Phi) is 3.02. The highest BCUT2D eigenvalue weighted by Crippen LogP contribution is 2.33.